The third kappa shape index (κ3) is 4.26. The van der Waals surface area contributed by atoms with Crippen LogP contribution in [-0.2, 0) is 9.53 Å². The quantitative estimate of drug-likeness (QED) is 0.384. The van der Waals surface area contributed by atoms with Gasteiger partial charge in [-0.25, -0.2) is 4.79 Å². The smallest absolute Gasteiger partial charge is 0.420 e. The van der Waals surface area contributed by atoms with E-state index in [0.29, 0.717) is 17.1 Å². The molecule has 1 unspecified atom stereocenters. The van der Waals surface area contributed by atoms with Gasteiger partial charge in [-0.1, -0.05) is 30.3 Å². The van der Waals surface area contributed by atoms with Crippen molar-refractivity contribution < 1.29 is 24.2 Å². The van der Waals surface area contributed by atoms with Gasteiger partial charge in [0.05, 0.1) is 6.61 Å². The minimum atomic E-state index is -1.42. The summed E-state index contributed by atoms with van der Waals surface area (Å²) < 4.78 is 10.4. The third-order valence-corrected chi connectivity index (χ3v) is 3.00. The highest BCUT2D eigenvalue weighted by molar-refractivity contribution is 6.35. The Balaban J connectivity index is 2.21. The topological polar surface area (TPSA) is 92.2 Å². The molecule has 1 atom stereocenters. The Morgan fingerprint density at radius 3 is 2.52 bits per heavy atom. The zero-order chi connectivity index (χ0) is 16.7. The maximum Gasteiger partial charge on any atom is 0.420 e. The second-order valence-corrected chi connectivity index (χ2v) is 4.60. The fraction of sp³-hybridized carbons (Fsp3) is 0.176. The Bertz CT molecular complexity index is 724. The van der Waals surface area contributed by atoms with Crippen LogP contribution >= 0.6 is 0 Å². The van der Waals surface area contributed by atoms with Crippen LogP contribution in [0.3, 0.4) is 0 Å². The molecule has 2 rings (SSSR count). The molecule has 0 aliphatic rings. The number of rotatable bonds is 6. The number of hydrogen-bond acceptors (Lipinski definition) is 4. The number of carbonyl (C=O) groups is 1. The van der Waals surface area contributed by atoms with Crippen molar-refractivity contribution in [3.05, 3.63) is 65.7 Å². The van der Waals surface area contributed by atoms with Crippen molar-refractivity contribution in [3.63, 3.8) is 0 Å². The first-order valence-corrected chi connectivity index (χ1v) is 7.05. The maximum absolute atomic E-state index is 11.7. The Morgan fingerprint density at radius 2 is 1.87 bits per heavy atom. The van der Waals surface area contributed by atoms with Crippen molar-refractivity contribution in [3.8, 4) is 11.5 Å². The van der Waals surface area contributed by atoms with E-state index in [0.717, 1.165) is 0 Å². The number of benzene rings is 2. The Hall–Kier alpha value is -2.95. The second kappa shape index (κ2) is 7.89. The number of hydrogen-bond donors (Lipinski definition) is 1. The lowest BCUT2D eigenvalue weighted by molar-refractivity contribution is -0.141. The monoisotopic (exact) mass is 312 g/mol. The minimum Gasteiger partial charge on any atom is -0.457 e. The van der Waals surface area contributed by atoms with Crippen molar-refractivity contribution in [2.45, 2.75) is 13.0 Å². The highest BCUT2D eigenvalue weighted by Gasteiger charge is 2.32. The molecule has 0 aliphatic carbocycles. The summed E-state index contributed by atoms with van der Waals surface area (Å²) in [5.41, 5.74) is 8.82. The summed E-state index contributed by atoms with van der Waals surface area (Å²) in [5, 5.41) is 10.2. The normalized spacial score (nSPS) is 11.2. The Kier molecular flexibility index (Phi) is 5.63. The zero-order valence-corrected chi connectivity index (χ0v) is 12.5. The summed E-state index contributed by atoms with van der Waals surface area (Å²) in [7, 11) is 0. The SMILES string of the molecule is CCOC(=O)C(=[N+]=[N-])C(O)c1cccc(Oc2ccccc2)c1. The number of esters is 1. The summed E-state index contributed by atoms with van der Waals surface area (Å²) in [6.07, 6.45) is -1.42. The minimum absolute atomic E-state index is 0.113. The number of aliphatic hydroxyl groups is 1. The van der Waals surface area contributed by atoms with Crippen LogP contribution in [-0.4, -0.2) is 28.2 Å². The van der Waals surface area contributed by atoms with Crippen LogP contribution in [0, 0.1) is 0 Å². The number of aliphatic hydroxyl groups excluding tert-OH is 1. The largest absolute Gasteiger partial charge is 0.457 e. The number of para-hydroxylation sites is 1. The van der Waals surface area contributed by atoms with Gasteiger partial charge < -0.3 is 20.1 Å². The van der Waals surface area contributed by atoms with E-state index in [4.69, 9.17) is 15.0 Å². The van der Waals surface area contributed by atoms with Crippen LogP contribution in [0.5, 0.6) is 11.5 Å². The van der Waals surface area contributed by atoms with E-state index in [2.05, 4.69) is 4.79 Å². The van der Waals surface area contributed by atoms with E-state index < -0.39 is 17.8 Å². The number of carbonyl (C=O) groups excluding carboxylic acids is 1. The molecule has 0 saturated heterocycles. The lowest BCUT2D eigenvalue weighted by atomic mass is 10.0. The first-order valence-electron chi connectivity index (χ1n) is 7.05. The van der Waals surface area contributed by atoms with Gasteiger partial charge in [-0.15, -0.1) is 0 Å². The molecule has 0 fully saturated rings. The standard InChI is InChI=1S/C17H16N2O4/c1-2-22-17(21)15(19-18)16(20)12-7-6-10-14(11-12)23-13-8-4-3-5-9-13/h3-11,16,20H,2H2,1H3. The molecule has 0 bridgehead atoms. The summed E-state index contributed by atoms with van der Waals surface area (Å²) in [5.74, 6) is 0.242. The number of ether oxygens (including phenoxy) is 2. The summed E-state index contributed by atoms with van der Waals surface area (Å²) in [6.45, 7) is 1.73. The fourth-order valence-corrected chi connectivity index (χ4v) is 1.94. The van der Waals surface area contributed by atoms with Crippen LogP contribution in [0.25, 0.3) is 5.53 Å². The lowest BCUT2D eigenvalue weighted by Crippen LogP contribution is -2.25. The van der Waals surface area contributed by atoms with E-state index >= 15 is 0 Å². The van der Waals surface area contributed by atoms with E-state index in [1.54, 1.807) is 43.3 Å². The lowest BCUT2D eigenvalue weighted by Gasteiger charge is -2.10. The number of nitrogens with zero attached hydrogens (tertiary/aromatic N) is 2. The van der Waals surface area contributed by atoms with Crippen molar-refractivity contribution in [1.82, 2.24) is 0 Å². The first kappa shape index (κ1) is 16.4. The van der Waals surface area contributed by atoms with Gasteiger partial charge >= 0.3 is 11.7 Å². The van der Waals surface area contributed by atoms with Gasteiger partial charge in [0.15, 0.2) is 6.10 Å². The molecule has 0 amide bonds. The molecule has 0 radical (unpaired) electrons. The molecule has 1 N–H and O–H groups in total. The molecule has 2 aromatic rings. The predicted molar refractivity (Wildman–Crippen MR) is 83.2 cm³/mol. The summed E-state index contributed by atoms with van der Waals surface area (Å²) in [4.78, 5) is 14.5. The molecule has 0 spiro atoms. The molecule has 0 heterocycles. The molecule has 118 valence electrons. The molecular weight excluding hydrogens is 296 g/mol. The molecule has 23 heavy (non-hydrogen) atoms. The van der Waals surface area contributed by atoms with Crippen molar-refractivity contribution in [1.29, 1.82) is 0 Å². The van der Waals surface area contributed by atoms with E-state index in [1.807, 2.05) is 18.2 Å². The van der Waals surface area contributed by atoms with E-state index in [9.17, 15) is 9.90 Å². The van der Waals surface area contributed by atoms with Crippen LogP contribution in [0.4, 0.5) is 0 Å². The predicted octanol–water partition coefficient (Wildman–Crippen LogP) is 2.75. The van der Waals surface area contributed by atoms with Gasteiger partial charge in [0.1, 0.15) is 11.5 Å². The van der Waals surface area contributed by atoms with Gasteiger partial charge in [0, 0.05) is 0 Å². The van der Waals surface area contributed by atoms with Crippen LogP contribution in [0.15, 0.2) is 54.6 Å². The van der Waals surface area contributed by atoms with E-state index in [1.165, 1.54) is 0 Å². The first-order chi connectivity index (χ1) is 11.2. The second-order valence-electron chi connectivity index (χ2n) is 4.60. The highest BCUT2D eigenvalue weighted by Crippen LogP contribution is 2.25. The van der Waals surface area contributed by atoms with Gasteiger partial charge in [-0.05, 0) is 36.8 Å². The highest BCUT2D eigenvalue weighted by atomic mass is 16.5. The third-order valence-electron chi connectivity index (χ3n) is 3.00. The molecule has 2 aromatic carbocycles. The maximum atomic E-state index is 11.7. The van der Waals surface area contributed by atoms with Gasteiger partial charge in [-0.2, -0.15) is 4.79 Å². The van der Waals surface area contributed by atoms with Crippen LogP contribution in [0.2, 0.25) is 0 Å². The molecular formula is C17H16N2O4. The Morgan fingerprint density at radius 1 is 1.17 bits per heavy atom. The van der Waals surface area contributed by atoms with E-state index in [-0.39, 0.29) is 6.61 Å². The Labute approximate surface area is 133 Å². The fourth-order valence-electron chi connectivity index (χ4n) is 1.94. The summed E-state index contributed by atoms with van der Waals surface area (Å²) >= 11 is 0. The van der Waals surface area contributed by atoms with Crippen LogP contribution < -0.4 is 4.74 Å². The van der Waals surface area contributed by atoms with Crippen molar-refractivity contribution >= 4 is 11.7 Å². The van der Waals surface area contributed by atoms with Crippen LogP contribution in [0.1, 0.15) is 18.6 Å². The summed E-state index contributed by atoms with van der Waals surface area (Å²) in [6, 6.07) is 15.7. The van der Waals surface area contributed by atoms with Crippen molar-refractivity contribution in [2.75, 3.05) is 6.61 Å². The molecule has 6 heteroatoms. The molecule has 0 saturated carbocycles. The van der Waals surface area contributed by atoms with Gasteiger partial charge in [0.2, 0.25) is 0 Å². The van der Waals surface area contributed by atoms with Gasteiger partial charge in [0.25, 0.3) is 0 Å². The van der Waals surface area contributed by atoms with Crippen molar-refractivity contribution in [2.24, 2.45) is 0 Å². The molecule has 6 nitrogen and oxygen atoms in total. The molecule has 0 aliphatic heterocycles. The van der Waals surface area contributed by atoms with Gasteiger partial charge in [-0.3, -0.25) is 0 Å². The average Bonchev–Trinajstić information content (AvgIpc) is 2.57. The molecule has 0 aromatic heterocycles. The average molecular weight is 312 g/mol. The zero-order valence-electron chi connectivity index (χ0n) is 12.5.